The van der Waals surface area contributed by atoms with Crippen molar-refractivity contribution in [2.24, 2.45) is 0 Å². The van der Waals surface area contributed by atoms with Crippen LogP contribution in [0, 0.1) is 13.8 Å². The number of carboxylic acid groups (broad SMARTS) is 1. The average molecular weight is 305 g/mol. The second-order valence-corrected chi connectivity index (χ2v) is 5.40. The zero-order valence-corrected chi connectivity index (χ0v) is 12.7. The summed E-state index contributed by atoms with van der Waals surface area (Å²) in [6.07, 6.45) is 0.618. The second-order valence-electron chi connectivity index (χ2n) is 4.64. The van der Waals surface area contributed by atoms with Gasteiger partial charge in [0.2, 0.25) is 0 Å². The Bertz CT molecular complexity index is 709. The van der Waals surface area contributed by atoms with Crippen LogP contribution in [0.2, 0.25) is 0 Å². The van der Waals surface area contributed by atoms with E-state index in [4.69, 9.17) is 5.11 Å². The predicted octanol–water partition coefficient (Wildman–Crippen LogP) is 2.67. The number of carbonyl (C=O) groups excluding carboxylic acids is 1. The number of nitrogens with zero attached hydrogens (tertiary/aromatic N) is 2. The number of anilines is 1. The maximum absolute atomic E-state index is 12.2. The van der Waals surface area contributed by atoms with E-state index < -0.39 is 5.97 Å². The first kappa shape index (κ1) is 15.1. The van der Waals surface area contributed by atoms with Crippen LogP contribution in [0.5, 0.6) is 0 Å². The van der Waals surface area contributed by atoms with Gasteiger partial charge in [-0.05, 0) is 49.0 Å². The summed E-state index contributed by atoms with van der Waals surface area (Å²) >= 11 is 1.03. The van der Waals surface area contributed by atoms with E-state index in [-0.39, 0.29) is 11.5 Å². The van der Waals surface area contributed by atoms with E-state index >= 15 is 0 Å². The molecule has 0 atom stereocenters. The van der Waals surface area contributed by atoms with Crippen molar-refractivity contribution in [3.05, 3.63) is 39.4 Å². The first-order valence-electron chi connectivity index (χ1n) is 6.41. The lowest BCUT2D eigenvalue weighted by molar-refractivity contribution is 0.0695. The number of nitrogens with one attached hydrogen (secondary N) is 1. The maximum Gasteiger partial charge on any atom is 0.336 e. The van der Waals surface area contributed by atoms with Gasteiger partial charge in [0.25, 0.3) is 5.91 Å². The van der Waals surface area contributed by atoms with Crippen LogP contribution in [0.15, 0.2) is 12.1 Å². The third kappa shape index (κ3) is 3.08. The molecule has 0 radical (unpaired) electrons. The molecule has 0 fully saturated rings. The highest BCUT2D eigenvalue weighted by Gasteiger charge is 2.17. The van der Waals surface area contributed by atoms with E-state index in [0.717, 1.165) is 17.1 Å². The summed E-state index contributed by atoms with van der Waals surface area (Å²) in [4.78, 5) is 23.9. The van der Waals surface area contributed by atoms with Gasteiger partial charge in [0, 0.05) is 5.69 Å². The number of carbonyl (C=O) groups is 2. The summed E-state index contributed by atoms with van der Waals surface area (Å²) in [7, 11) is 0. The Balaban J connectivity index is 2.33. The smallest absolute Gasteiger partial charge is 0.336 e. The Morgan fingerprint density at radius 1 is 1.29 bits per heavy atom. The maximum atomic E-state index is 12.2. The normalized spacial score (nSPS) is 10.4. The molecule has 1 heterocycles. The highest BCUT2D eigenvalue weighted by molar-refractivity contribution is 7.08. The molecule has 0 spiro atoms. The minimum Gasteiger partial charge on any atom is -0.478 e. The summed E-state index contributed by atoms with van der Waals surface area (Å²) in [5.74, 6) is -1.33. The molecule has 1 aromatic heterocycles. The first-order chi connectivity index (χ1) is 9.93. The fourth-order valence-electron chi connectivity index (χ4n) is 2.01. The number of hydrogen-bond donors (Lipinski definition) is 2. The van der Waals surface area contributed by atoms with Crippen molar-refractivity contribution in [3.63, 3.8) is 0 Å². The lowest BCUT2D eigenvalue weighted by atomic mass is 10.0. The van der Waals surface area contributed by atoms with E-state index in [9.17, 15) is 9.59 Å². The number of benzene rings is 1. The summed E-state index contributed by atoms with van der Waals surface area (Å²) in [6.45, 7) is 5.44. The second kappa shape index (κ2) is 6.01. The number of aromatic nitrogens is 2. The Hall–Kier alpha value is -2.28. The molecule has 2 aromatic rings. The van der Waals surface area contributed by atoms with Crippen molar-refractivity contribution in [3.8, 4) is 0 Å². The van der Waals surface area contributed by atoms with Gasteiger partial charge < -0.3 is 10.4 Å². The third-order valence-corrected chi connectivity index (χ3v) is 3.91. The minimum absolute atomic E-state index is 0.175. The highest BCUT2D eigenvalue weighted by Crippen LogP contribution is 2.22. The molecular weight excluding hydrogens is 290 g/mol. The van der Waals surface area contributed by atoms with Crippen LogP contribution in [0.1, 0.15) is 43.8 Å². The van der Waals surface area contributed by atoms with E-state index in [2.05, 4.69) is 14.9 Å². The SMILES string of the molecule is CCc1nnsc1C(=O)Nc1cc(C(=O)O)c(C)cc1C. The van der Waals surface area contributed by atoms with Gasteiger partial charge in [-0.3, -0.25) is 4.79 Å². The standard InChI is InChI=1S/C14H15N3O3S/c1-4-10-12(21-17-16-10)13(18)15-11-6-9(14(19)20)7(2)5-8(11)3/h5-6H,4H2,1-3H3,(H,15,18)(H,19,20). The van der Waals surface area contributed by atoms with Crippen molar-refractivity contribution in [2.45, 2.75) is 27.2 Å². The Kier molecular flexibility index (Phi) is 4.32. The van der Waals surface area contributed by atoms with E-state index in [1.807, 2.05) is 13.8 Å². The summed E-state index contributed by atoms with van der Waals surface area (Å²) < 4.78 is 3.77. The molecule has 1 aromatic carbocycles. The zero-order valence-electron chi connectivity index (χ0n) is 11.9. The Morgan fingerprint density at radius 2 is 2.00 bits per heavy atom. The van der Waals surface area contributed by atoms with Crippen LogP contribution < -0.4 is 5.32 Å². The van der Waals surface area contributed by atoms with Crippen LogP contribution in [0.4, 0.5) is 5.69 Å². The molecule has 0 bridgehead atoms. The fraction of sp³-hybridized carbons (Fsp3) is 0.286. The lowest BCUT2D eigenvalue weighted by Crippen LogP contribution is -2.14. The lowest BCUT2D eigenvalue weighted by Gasteiger charge is -2.11. The number of rotatable bonds is 4. The predicted molar refractivity (Wildman–Crippen MR) is 80.1 cm³/mol. The largest absolute Gasteiger partial charge is 0.478 e. The molecule has 0 aliphatic carbocycles. The van der Waals surface area contributed by atoms with E-state index in [0.29, 0.717) is 28.2 Å². The minimum atomic E-state index is -1.02. The summed E-state index contributed by atoms with van der Waals surface area (Å²) in [6, 6.07) is 3.22. The van der Waals surface area contributed by atoms with Gasteiger partial charge in [-0.25, -0.2) is 4.79 Å². The molecule has 2 N–H and O–H groups in total. The monoisotopic (exact) mass is 305 g/mol. The van der Waals surface area contributed by atoms with Crippen LogP contribution in [0.3, 0.4) is 0 Å². The third-order valence-electron chi connectivity index (χ3n) is 3.15. The average Bonchev–Trinajstić information content (AvgIpc) is 2.89. The molecule has 0 saturated heterocycles. The molecule has 6 nitrogen and oxygen atoms in total. The van der Waals surface area contributed by atoms with Crippen LogP contribution >= 0.6 is 11.5 Å². The number of carboxylic acids is 1. The molecule has 0 saturated carbocycles. The van der Waals surface area contributed by atoms with Gasteiger partial charge in [-0.15, -0.1) is 5.10 Å². The number of hydrogen-bond acceptors (Lipinski definition) is 5. The molecule has 21 heavy (non-hydrogen) atoms. The van der Waals surface area contributed by atoms with Crippen LogP contribution in [-0.2, 0) is 6.42 Å². The van der Waals surface area contributed by atoms with Gasteiger partial charge >= 0.3 is 5.97 Å². The molecule has 0 aliphatic heterocycles. The molecule has 0 unspecified atom stereocenters. The number of aromatic carboxylic acids is 1. The number of aryl methyl sites for hydroxylation is 3. The van der Waals surface area contributed by atoms with E-state index in [1.54, 1.807) is 13.0 Å². The van der Waals surface area contributed by atoms with Gasteiger partial charge in [0.15, 0.2) is 0 Å². The molecular formula is C14H15N3O3S. The summed E-state index contributed by atoms with van der Waals surface area (Å²) in [5.41, 5.74) is 2.77. The zero-order chi connectivity index (χ0) is 15.6. The van der Waals surface area contributed by atoms with Crippen molar-refractivity contribution >= 4 is 29.1 Å². The molecule has 7 heteroatoms. The molecule has 1 amide bonds. The van der Waals surface area contributed by atoms with Gasteiger partial charge in [0.05, 0.1) is 11.3 Å². The Labute approximate surface area is 126 Å². The number of amides is 1. The fourth-order valence-corrected chi connectivity index (χ4v) is 2.65. The quantitative estimate of drug-likeness (QED) is 0.906. The van der Waals surface area contributed by atoms with Gasteiger partial charge in [-0.2, -0.15) is 0 Å². The van der Waals surface area contributed by atoms with E-state index in [1.165, 1.54) is 6.07 Å². The van der Waals surface area contributed by atoms with Crippen molar-refractivity contribution in [2.75, 3.05) is 5.32 Å². The van der Waals surface area contributed by atoms with Crippen molar-refractivity contribution < 1.29 is 14.7 Å². The molecule has 2 rings (SSSR count). The molecule has 110 valence electrons. The first-order valence-corrected chi connectivity index (χ1v) is 7.18. The van der Waals surface area contributed by atoms with Crippen molar-refractivity contribution in [1.29, 1.82) is 0 Å². The molecule has 0 aliphatic rings. The Morgan fingerprint density at radius 3 is 2.62 bits per heavy atom. The summed E-state index contributed by atoms with van der Waals surface area (Å²) in [5, 5.41) is 15.8. The van der Waals surface area contributed by atoms with Crippen LogP contribution in [0.25, 0.3) is 0 Å². The van der Waals surface area contributed by atoms with Gasteiger partial charge in [0.1, 0.15) is 4.88 Å². The van der Waals surface area contributed by atoms with Crippen molar-refractivity contribution in [1.82, 2.24) is 9.59 Å². The topological polar surface area (TPSA) is 92.2 Å². The van der Waals surface area contributed by atoms with Gasteiger partial charge in [-0.1, -0.05) is 17.5 Å². The highest BCUT2D eigenvalue weighted by atomic mass is 32.1. The van der Waals surface area contributed by atoms with Crippen LogP contribution in [-0.4, -0.2) is 26.6 Å².